The average molecular weight is 389 g/mol. The summed E-state index contributed by atoms with van der Waals surface area (Å²) in [6, 6.07) is 17.6. The van der Waals surface area contributed by atoms with Gasteiger partial charge in [-0.1, -0.05) is 37.3 Å². The molecule has 27 heavy (non-hydrogen) atoms. The number of halogens is 1. The first-order valence-electron chi connectivity index (χ1n) is 9.53. The maximum Gasteiger partial charge on any atom is 0.253 e. The fourth-order valence-corrected chi connectivity index (χ4v) is 3.31. The highest BCUT2D eigenvalue weighted by atomic mass is 35.5. The van der Waals surface area contributed by atoms with Crippen molar-refractivity contribution in [3.05, 3.63) is 65.7 Å². The molecular weight excluding hydrogens is 360 g/mol. The Morgan fingerprint density at radius 2 is 1.74 bits per heavy atom. The molecule has 0 aromatic heterocycles. The predicted molar refractivity (Wildman–Crippen MR) is 112 cm³/mol. The summed E-state index contributed by atoms with van der Waals surface area (Å²) in [5, 5.41) is 3.41. The molecular formula is C22H29ClN2O2. The summed E-state index contributed by atoms with van der Waals surface area (Å²) in [4.78, 5) is 14.7. The number of ether oxygens (including phenoxy) is 1. The molecule has 5 heteroatoms. The van der Waals surface area contributed by atoms with Crippen molar-refractivity contribution in [1.82, 2.24) is 10.2 Å². The number of likely N-dealkylation sites (tertiary alicyclic amines) is 1. The van der Waals surface area contributed by atoms with E-state index in [2.05, 4.69) is 12.2 Å². The van der Waals surface area contributed by atoms with Gasteiger partial charge in [0.15, 0.2) is 0 Å². The molecule has 1 amide bonds. The molecule has 0 radical (unpaired) electrons. The molecule has 2 aromatic carbocycles. The summed E-state index contributed by atoms with van der Waals surface area (Å²) >= 11 is 0. The SMILES string of the molecule is CCNCC1CCN(C(=O)c2ccc(OCc3ccccc3)cc2)CC1.Cl. The predicted octanol–water partition coefficient (Wildman–Crippen LogP) is 4.15. The third-order valence-corrected chi connectivity index (χ3v) is 4.93. The van der Waals surface area contributed by atoms with Crippen LogP contribution in [0.5, 0.6) is 5.75 Å². The topological polar surface area (TPSA) is 41.6 Å². The van der Waals surface area contributed by atoms with Crippen LogP contribution < -0.4 is 10.1 Å². The second-order valence-corrected chi connectivity index (χ2v) is 6.84. The molecule has 1 aliphatic heterocycles. The van der Waals surface area contributed by atoms with Crippen molar-refractivity contribution in [2.75, 3.05) is 26.2 Å². The molecule has 0 atom stereocenters. The van der Waals surface area contributed by atoms with E-state index in [-0.39, 0.29) is 18.3 Å². The minimum atomic E-state index is 0. The average Bonchev–Trinajstić information content (AvgIpc) is 2.72. The van der Waals surface area contributed by atoms with Gasteiger partial charge in [-0.2, -0.15) is 0 Å². The highest BCUT2D eigenvalue weighted by Gasteiger charge is 2.23. The van der Waals surface area contributed by atoms with Crippen LogP contribution in [0.1, 0.15) is 35.7 Å². The highest BCUT2D eigenvalue weighted by Crippen LogP contribution is 2.20. The standard InChI is InChI=1S/C22H28N2O2.ClH/c1-2-23-16-18-12-14-24(15-13-18)22(25)20-8-10-21(11-9-20)26-17-19-6-4-3-5-7-19;/h3-11,18,23H,2,12-17H2,1H3;1H. The number of amides is 1. The van der Waals surface area contributed by atoms with Crippen molar-refractivity contribution < 1.29 is 9.53 Å². The zero-order chi connectivity index (χ0) is 18.2. The van der Waals surface area contributed by atoms with Gasteiger partial charge >= 0.3 is 0 Å². The van der Waals surface area contributed by atoms with Crippen LogP contribution in [-0.4, -0.2) is 37.0 Å². The van der Waals surface area contributed by atoms with Gasteiger partial charge in [0, 0.05) is 18.7 Å². The summed E-state index contributed by atoms with van der Waals surface area (Å²) in [7, 11) is 0. The van der Waals surface area contributed by atoms with Crippen LogP contribution in [0.15, 0.2) is 54.6 Å². The second-order valence-electron chi connectivity index (χ2n) is 6.84. The lowest BCUT2D eigenvalue weighted by atomic mass is 9.96. The van der Waals surface area contributed by atoms with Crippen molar-refractivity contribution in [3.63, 3.8) is 0 Å². The summed E-state index contributed by atoms with van der Waals surface area (Å²) in [6.45, 7) is 6.44. The van der Waals surface area contributed by atoms with Crippen molar-refractivity contribution in [1.29, 1.82) is 0 Å². The van der Waals surface area contributed by atoms with Crippen LogP contribution in [0.3, 0.4) is 0 Å². The Kier molecular flexibility index (Phi) is 8.62. The quantitative estimate of drug-likeness (QED) is 0.774. The first-order chi connectivity index (χ1) is 12.8. The van der Waals surface area contributed by atoms with E-state index in [9.17, 15) is 4.79 Å². The third-order valence-electron chi connectivity index (χ3n) is 4.93. The van der Waals surface area contributed by atoms with Gasteiger partial charge in [-0.3, -0.25) is 4.79 Å². The highest BCUT2D eigenvalue weighted by molar-refractivity contribution is 5.94. The molecule has 0 spiro atoms. The normalized spacial score (nSPS) is 14.5. The molecule has 1 heterocycles. The fourth-order valence-electron chi connectivity index (χ4n) is 3.31. The number of nitrogens with one attached hydrogen (secondary N) is 1. The minimum Gasteiger partial charge on any atom is -0.489 e. The van der Waals surface area contributed by atoms with Gasteiger partial charge in [-0.25, -0.2) is 0 Å². The van der Waals surface area contributed by atoms with E-state index in [1.807, 2.05) is 59.5 Å². The van der Waals surface area contributed by atoms with E-state index >= 15 is 0 Å². The molecule has 1 saturated heterocycles. The van der Waals surface area contributed by atoms with Crippen LogP contribution in [-0.2, 0) is 6.61 Å². The van der Waals surface area contributed by atoms with Crippen LogP contribution in [0.2, 0.25) is 0 Å². The molecule has 1 N–H and O–H groups in total. The lowest BCUT2D eigenvalue weighted by Gasteiger charge is -2.32. The van der Waals surface area contributed by atoms with E-state index in [0.717, 1.165) is 55.9 Å². The largest absolute Gasteiger partial charge is 0.489 e. The van der Waals surface area contributed by atoms with Crippen LogP contribution in [0.25, 0.3) is 0 Å². The molecule has 4 nitrogen and oxygen atoms in total. The first-order valence-corrected chi connectivity index (χ1v) is 9.53. The number of benzene rings is 2. The molecule has 0 unspecified atom stereocenters. The summed E-state index contributed by atoms with van der Waals surface area (Å²) in [6.07, 6.45) is 2.16. The zero-order valence-electron chi connectivity index (χ0n) is 15.9. The Hall–Kier alpha value is -2.04. The van der Waals surface area contributed by atoms with Gasteiger partial charge in [0.1, 0.15) is 12.4 Å². The number of nitrogens with zero attached hydrogens (tertiary/aromatic N) is 1. The minimum absolute atomic E-state index is 0. The summed E-state index contributed by atoms with van der Waals surface area (Å²) in [5.41, 5.74) is 1.87. The number of hydrogen-bond donors (Lipinski definition) is 1. The van der Waals surface area contributed by atoms with E-state index in [0.29, 0.717) is 12.5 Å². The fraction of sp³-hybridized carbons (Fsp3) is 0.409. The summed E-state index contributed by atoms with van der Waals surface area (Å²) < 4.78 is 5.79. The Morgan fingerprint density at radius 1 is 1.07 bits per heavy atom. The van der Waals surface area contributed by atoms with Crippen molar-refractivity contribution in [2.45, 2.75) is 26.4 Å². The molecule has 1 fully saturated rings. The van der Waals surface area contributed by atoms with E-state index in [1.165, 1.54) is 0 Å². The van der Waals surface area contributed by atoms with Gasteiger partial charge in [-0.05, 0) is 61.7 Å². The van der Waals surface area contributed by atoms with E-state index in [4.69, 9.17) is 4.74 Å². The number of piperidine rings is 1. The van der Waals surface area contributed by atoms with E-state index < -0.39 is 0 Å². The van der Waals surface area contributed by atoms with Crippen molar-refractivity contribution in [2.24, 2.45) is 5.92 Å². The molecule has 3 rings (SSSR count). The molecule has 0 saturated carbocycles. The maximum absolute atomic E-state index is 12.7. The molecule has 0 bridgehead atoms. The lowest BCUT2D eigenvalue weighted by Crippen LogP contribution is -2.40. The van der Waals surface area contributed by atoms with Gasteiger partial charge in [-0.15, -0.1) is 12.4 Å². The summed E-state index contributed by atoms with van der Waals surface area (Å²) in [5.74, 6) is 1.60. The van der Waals surface area contributed by atoms with Crippen LogP contribution in [0, 0.1) is 5.92 Å². The maximum atomic E-state index is 12.7. The number of hydrogen-bond acceptors (Lipinski definition) is 3. The zero-order valence-corrected chi connectivity index (χ0v) is 16.7. The monoisotopic (exact) mass is 388 g/mol. The van der Waals surface area contributed by atoms with Crippen LogP contribution in [0.4, 0.5) is 0 Å². The van der Waals surface area contributed by atoms with Crippen molar-refractivity contribution in [3.8, 4) is 5.75 Å². The van der Waals surface area contributed by atoms with Gasteiger partial charge in [0.05, 0.1) is 0 Å². The van der Waals surface area contributed by atoms with Gasteiger partial charge in [0.25, 0.3) is 5.91 Å². The Morgan fingerprint density at radius 3 is 2.37 bits per heavy atom. The lowest BCUT2D eigenvalue weighted by molar-refractivity contribution is 0.0690. The van der Waals surface area contributed by atoms with Gasteiger partial charge in [0.2, 0.25) is 0 Å². The Labute approximate surface area is 168 Å². The first kappa shape index (κ1) is 21.3. The number of rotatable bonds is 7. The number of carbonyl (C=O) groups excluding carboxylic acids is 1. The van der Waals surface area contributed by atoms with E-state index in [1.54, 1.807) is 0 Å². The van der Waals surface area contributed by atoms with Crippen molar-refractivity contribution >= 4 is 18.3 Å². The molecule has 2 aromatic rings. The second kappa shape index (κ2) is 11.0. The molecule has 1 aliphatic rings. The van der Waals surface area contributed by atoms with Gasteiger partial charge < -0.3 is 15.0 Å². The number of carbonyl (C=O) groups is 1. The smallest absolute Gasteiger partial charge is 0.253 e. The molecule has 0 aliphatic carbocycles. The third kappa shape index (κ3) is 6.26. The molecule has 146 valence electrons. The Bertz CT molecular complexity index is 683. The Balaban J connectivity index is 0.00000261. The van der Waals surface area contributed by atoms with Crippen LogP contribution >= 0.6 is 12.4 Å².